The summed E-state index contributed by atoms with van der Waals surface area (Å²) in [6, 6.07) is 6.12. The van der Waals surface area contributed by atoms with Gasteiger partial charge in [0.25, 0.3) is 11.6 Å². The van der Waals surface area contributed by atoms with E-state index in [9.17, 15) is 20.0 Å². The minimum absolute atomic E-state index is 0.0235. The van der Waals surface area contributed by atoms with E-state index in [0.717, 1.165) is 0 Å². The van der Waals surface area contributed by atoms with Gasteiger partial charge in [-0.05, 0) is 12.8 Å². The molecule has 0 bridgehead atoms. The topological polar surface area (TPSA) is 105 Å². The Bertz CT molecular complexity index is 740. The number of hydrogen-bond donors (Lipinski definition) is 2. The van der Waals surface area contributed by atoms with Crippen molar-refractivity contribution in [2.24, 2.45) is 0 Å². The number of aliphatic hydroxyl groups is 1. The summed E-state index contributed by atoms with van der Waals surface area (Å²) in [5.74, 6) is -0.372. The fraction of sp³-hybridized carbons (Fsp3) is 0.375. The number of amides is 1. The van der Waals surface area contributed by atoms with Crippen LogP contribution in [0.15, 0.2) is 29.6 Å². The molecule has 0 aliphatic rings. The van der Waals surface area contributed by atoms with Crippen LogP contribution in [0.25, 0.3) is 10.6 Å². The summed E-state index contributed by atoms with van der Waals surface area (Å²) >= 11 is 1.24. The third-order valence-electron chi connectivity index (χ3n) is 3.93. The molecule has 1 aromatic heterocycles. The molecule has 0 spiro atoms. The highest BCUT2D eigenvalue weighted by Crippen LogP contribution is 2.27. The molecule has 7 nitrogen and oxygen atoms in total. The Morgan fingerprint density at radius 2 is 2.12 bits per heavy atom. The van der Waals surface area contributed by atoms with Crippen LogP contribution in [-0.4, -0.2) is 33.1 Å². The maximum Gasteiger partial charge on any atom is 0.270 e. The van der Waals surface area contributed by atoms with Crippen molar-refractivity contribution >= 4 is 22.9 Å². The third kappa shape index (κ3) is 4.15. The summed E-state index contributed by atoms with van der Waals surface area (Å²) in [6.45, 7) is 3.88. The first kappa shape index (κ1) is 18.0. The second kappa shape index (κ2) is 7.50. The van der Waals surface area contributed by atoms with Crippen LogP contribution >= 0.6 is 11.3 Å². The molecule has 2 aromatic rings. The number of carbonyl (C=O) groups is 1. The predicted octanol–water partition coefficient (Wildman–Crippen LogP) is 3.00. The van der Waals surface area contributed by atoms with E-state index in [-0.39, 0.29) is 23.8 Å². The number of benzene rings is 1. The highest BCUT2D eigenvalue weighted by molar-refractivity contribution is 7.13. The van der Waals surface area contributed by atoms with E-state index in [2.05, 4.69) is 10.3 Å². The highest BCUT2D eigenvalue weighted by Gasteiger charge is 2.23. The van der Waals surface area contributed by atoms with Crippen molar-refractivity contribution in [1.29, 1.82) is 0 Å². The number of hydrogen-bond acceptors (Lipinski definition) is 6. The van der Waals surface area contributed by atoms with Gasteiger partial charge >= 0.3 is 0 Å². The van der Waals surface area contributed by atoms with Crippen LogP contribution in [0.5, 0.6) is 0 Å². The molecule has 0 unspecified atom stereocenters. The largest absolute Gasteiger partial charge is 0.388 e. The number of nitrogens with zero attached hydrogens (tertiary/aromatic N) is 2. The second-order valence-corrected chi connectivity index (χ2v) is 6.32. The lowest BCUT2D eigenvalue weighted by atomic mass is 9.97. The molecule has 1 amide bonds. The average Bonchev–Trinajstić information content (AvgIpc) is 3.09. The zero-order chi connectivity index (χ0) is 17.7. The van der Waals surface area contributed by atoms with Crippen molar-refractivity contribution in [2.45, 2.75) is 32.3 Å². The number of thiazole rings is 1. The number of rotatable bonds is 7. The maximum absolute atomic E-state index is 12.2. The van der Waals surface area contributed by atoms with E-state index in [1.807, 2.05) is 13.8 Å². The lowest BCUT2D eigenvalue weighted by Gasteiger charge is -2.25. The zero-order valence-corrected chi connectivity index (χ0v) is 14.3. The van der Waals surface area contributed by atoms with Gasteiger partial charge < -0.3 is 10.4 Å². The highest BCUT2D eigenvalue weighted by atomic mass is 32.1. The normalized spacial score (nSPS) is 11.3. The average molecular weight is 349 g/mol. The fourth-order valence-corrected chi connectivity index (χ4v) is 2.90. The number of non-ortho nitro benzene ring substituents is 1. The molecule has 0 aliphatic carbocycles. The standard InChI is InChI=1S/C16H19N3O4S/c1-3-16(21,4-2)10-17-14(20)13-9-24-15(18-13)11-6-5-7-12(8-11)19(22)23/h5-9,21H,3-4,10H2,1-2H3,(H,17,20). The van der Waals surface area contributed by atoms with Gasteiger partial charge in [0.1, 0.15) is 10.7 Å². The molecule has 1 heterocycles. The Morgan fingerprint density at radius 1 is 1.42 bits per heavy atom. The van der Waals surface area contributed by atoms with Crippen molar-refractivity contribution in [3.63, 3.8) is 0 Å². The maximum atomic E-state index is 12.2. The van der Waals surface area contributed by atoms with Crippen molar-refractivity contribution in [1.82, 2.24) is 10.3 Å². The van der Waals surface area contributed by atoms with E-state index in [0.29, 0.717) is 23.4 Å². The molecule has 2 rings (SSSR count). The van der Waals surface area contributed by atoms with Crippen molar-refractivity contribution < 1.29 is 14.8 Å². The Morgan fingerprint density at radius 3 is 2.75 bits per heavy atom. The van der Waals surface area contributed by atoms with E-state index in [1.54, 1.807) is 17.5 Å². The minimum atomic E-state index is -0.922. The summed E-state index contributed by atoms with van der Waals surface area (Å²) in [6.07, 6.45) is 1.08. The monoisotopic (exact) mass is 349 g/mol. The van der Waals surface area contributed by atoms with Crippen LogP contribution in [0.3, 0.4) is 0 Å². The van der Waals surface area contributed by atoms with E-state index < -0.39 is 10.5 Å². The van der Waals surface area contributed by atoms with Gasteiger partial charge in [0.2, 0.25) is 0 Å². The Kier molecular flexibility index (Phi) is 5.63. The quantitative estimate of drug-likeness (QED) is 0.590. The predicted molar refractivity (Wildman–Crippen MR) is 92.1 cm³/mol. The number of nitro benzene ring substituents is 1. The van der Waals surface area contributed by atoms with Crippen molar-refractivity contribution in [3.8, 4) is 10.6 Å². The van der Waals surface area contributed by atoms with Crippen LogP contribution < -0.4 is 5.32 Å². The first-order chi connectivity index (χ1) is 11.4. The van der Waals surface area contributed by atoms with Crippen molar-refractivity contribution in [3.05, 3.63) is 45.5 Å². The molecule has 24 heavy (non-hydrogen) atoms. The first-order valence-electron chi connectivity index (χ1n) is 7.59. The van der Waals surface area contributed by atoms with Crippen LogP contribution in [0.2, 0.25) is 0 Å². The number of aromatic nitrogens is 1. The molecule has 1 aromatic carbocycles. The minimum Gasteiger partial charge on any atom is -0.388 e. The molecule has 8 heteroatoms. The summed E-state index contributed by atoms with van der Waals surface area (Å²) in [4.78, 5) is 26.8. The van der Waals surface area contributed by atoms with Gasteiger partial charge in [0, 0.05) is 29.6 Å². The second-order valence-electron chi connectivity index (χ2n) is 5.46. The third-order valence-corrected chi connectivity index (χ3v) is 4.83. The molecule has 0 saturated heterocycles. The molecular weight excluding hydrogens is 330 g/mol. The van der Waals surface area contributed by atoms with E-state index >= 15 is 0 Å². The summed E-state index contributed by atoms with van der Waals surface area (Å²) < 4.78 is 0. The summed E-state index contributed by atoms with van der Waals surface area (Å²) in [5, 5.41) is 25.8. The molecule has 0 saturated carbocycles. The van der Waals surface area contributed by atoms with Gasteiger partial charge in [0.05, 0.1) is 10.5 Å². The fourth-order valence-electron chi connectivity index (χ4n) is 2.10. The summed E-state index contributed by atoms with van der Waals surface area (Å²) in [5.41, 5.74) is -0.123. The van der Waals surface area contributed by atoms with Crippen LogP contribution in [0.4, 0.5) is 5.69 Å². The van der Waals surface area contributed by atoms with Gasteiger partial charge in [-0.25, -0.2) is 4.98 Å². The van der Waals surface area contributed by atoms with Crippen LogP contribution in [-0.2, 0) is 0 Å². The number of carbonyl (C=O) groups excluding carboxylic acids is 1. The van der Waals surface area contributed by atoms with Crippen LogP contribution in [0, 0.1) is 10.1 Å². The molecule has 128 valence electrons. The lowest BCUT2D eigenvalue weighted by molar-refractivity contribution is -0.384. The zero-order valence-electron chi connectivity index (χ0n) is 13.5. The van der Waals surface area contributed by atoms with Gasteiger partial charge in [-0.1, -0.05) is 26.0 Å². The molecule has 0 radical (unpaired) electrons. The van der Waals surface area contributed by atoms with Gasteiger partial charge in [-0.15, -0.1) is 11.3 Å². The van der Waals surface area contributed by atoms with E-state index in [4.69, 9.17) is 0 Å². The summed E-state index contributed by atoms with van der Waals surface area (Å²) in [7, 11) is 0. The lowest BCUT2D eigenvalue weighted by Crippen LogP contribution is -2.42. The number of nitrogens with one attached hydrogen (secondary N) is 1. The number of nitro groups is 1. The molecule has 0 aliphatic heterocycles. The first-order valence-corrected chi connectivity index (χ1v) is 8.47. The molecule has 0 fully saturated rings. The van der Waals surface area contributed by atoms with Gasteiger partial charge in [-0.3, -0.25) is 14.9 Å². The Labute approximate surface area is 143 Å². The van der Waals surface area contributed by atoms with Crippen molar-refractivity contribution in [2.75, 3.05) is 6.54 Å². The molecule has 0 atom stereocenters. The van der Waals surface area contributed by atoms with E-state index in [1.165, 1.54) is 23.5 Å². The SMILES string of the molecule is CCC(O)(CC)CNC(=O)c1csc(-c2cccc([N+](=O)[O-])c2)n1. The molecule has 2 N–H and O–H groups in total. The van der Waals surface area contributed by atoms with Crippen LogP contribution in [0.1, 0.15) is 37.2 Å². The van der Waals surface area contributed by atoms with Gasteiger partial charge in [0.15, 0.2) is 0 Å². The molecular formula is C16H19N3O4S. The Hall–Kier alpha value is -2.32. The van der Waals surface area contributed by atoms with Gasteiger partial charge in [-0.2, -0.15) is 0 Å². The Balaban J connectivity index is 2.11. The smallest absolute Gasteiger partial charge is 0.270 e.